The van der Waals surface area contributed by atoms with Gasteiger partial charge in [0.1, 0.15) is 11.5 Å². The maximum Gasteiger partial charge on any atom is 0.250 e. The summed E-state index contributed by atoms with van der Waals surface area (Å²) in [4.78, 5) is 23.1. The summed E-state index contributed by atoms with van der Waals surface area (Å²) in [6.45, 7) is 3.11. The van der Waals surface area contributed by atoms with Crippen LogP contribution in [0, 0.1) is 6.92 Å². The van der Waals surface area contributed by atoms with Gasteiger partial charge in [-0.3, -0.25) is 9.59 Å². The lowest BCUT2D eigenvalue weighted by Gasteiger charge is -2.05. The minimum atomic E-state index is -0.147. The van der Waals surface area contributed by atoms with E-state index in [1.807, 2.05) is 25.1 Å². The van der Waals surface area contributed by atoms with Crippen LogP contribution < -0.4 is 10.9 Å². The molecule has 22 heavy (non-hydrogen) atoms. The van der Waals surface area contributed by atoms with E-state index in [0.29, 0.717) is 18.8 Å². The van der Waals surface area contributed by atoms with Crippen LogP contribution in [-0.2, 0) is 11.3 Å². The Kier molecular flexibility index (Phi) is 5.77. The van der Waals surface area contributed by atoms with Gasteiger partial charge in [0, 0.05) is 31.4 Å². The zero-order valence-corrected chi connectivity index (χ0v) is 12.6. The Morgan fingerprint density at radius 3 is 2.86 bits per heavy atom. The van der Waals surface area contributed by atoms with Gasteiger partial charge in [-0.15, -0.1) is 0 Å². The van der Waals surface area contributed by atoms with Gasteiger partial charge >= 0.3 is 0 Å². The third-order valence-electron chi connectivity index (χ3n) is 3.18. The zero-order chi connectivity index (χ0) is 15.8. The van der Waals surface area contributed by atoms with E-state index in [1.165, 1.54) is 6.08 Å². The highest BCUT2D eigenvalue weighted by Gasteiger charge is 1.98. The molecule has 1 N–H and O–H groups in total. The molecule has 0 atom stereocenters. The van der Waals surface area contributed by atoms with Crippen molar-refractivity contribution in [3.8, 4) is 0 Å². The molecule has 0 aliphatic heterocycles. The standard InChI is InChI=1S/C17H20N2O3/c1-14-7-8-15(22-14)9-10-16(20)18-11-3-5-13-19-12-4-2-6-17(19)21/h2,4,6-10,12H,3,5,11,13H2,1H3,(H,18,20). The number of furan rings is 1. The maximum absolute atomic E-state index is 11.6. The van der Waals surface area contributed by atoms with Gasteiger partial charge in [0.25, 0.3) is 0 Å². The quantitative estimate of drug-likeness (QED) is 0.630. The number of aromatic nitrogens is 1. The molecule has 5 nitrogen and oxygen atoms in total. The van der Waals surface area contributed by atoms with Gasteiger partial charge in [-0.2, -0.15) is 0 Å². The van der Waals surface area contributed by atoms with Crippen molar-refractivity contribution < 1.29 is 9.21 Å². The average molecular weight is 300 g/mol. The third-order valence-corrected chi connectivity index (χ3v) is 3.18. The molecule has 2 aromatic heterocycles. The van der Waals surface area contributed by atoms with Crippen LogP contribution in [0.4, 0.5) is 0 Å². The molecule has 116 valence electrons. The van der Waals surface area contributed by atoms with Crippen molar-refractivity contribution in [3.05, 3.63) is 64.5 Å². The molecular weight excluding hydrogens is 280 g/mol. The normalized spacial score (nSPS) is 11.0. The number of hydrogen-bond donors (Lipinski definition) is 1. The third kappa shape index (κ3) is 5.09. The second kappa shape index (κ2) is 8.02. The molecule has 0 aromatic carbocycles. The fourth-order valence-electron chi connectivity index (χ4n) is 2.02. The Morgan fingerprint density at radius 1 is 1.27 bits per heavy atom. The van der Waals surface area contributed by atoms with E-state index in [0.717, 1.165) is 18.6 Å². The average Bonchev–Trinajstić information content (AvgIpc) is 2.92. The molecule has 2 heterocycles. The van der Waals surface area contributed by atoms with Crippen LogP contribution >= 0.6 is 0 Å². The second-order valence-electron chi connectivity index (χ2n) is 5.01. The predicted molar refractivity (Wildman–Crippen MR) is 85.4 cm³/mol. The first kappa shape index (κ1) is 15.8. The van der Waals surface area contributed by atoms with Crippen molar-refractivity contribution in [2.45, 2.75) is 26.3 Å². The van der Waals surface area contributed by atoms with E-state index in [-0.39, 0.29) is 11.5 Å². The maximum atomic E-state index is 11.6. The monoisotopic (exact) mass is 300 g/mol. The van der Waals surface area contributed by atoms with Crippen LogP contribution in [0.1, 0.15) is 24.4 Å². The molecule has 0 saturated heterocycles. The number of carbonyl (C=O) groups is 1. The van der Waals surface area contributed by atoms with E-state index in [1.54, 1.807) is 29.0 Å². The molecule has 2 rings (SSSR count). The molecule has 0 saturated carbocycles. The lowest BCUT2D eigenvalue weighted by atomic mass is 10.3. The van der Waals surface area contributed by atoms with E-state index in [2.05, 4.69) is 5.32 Å². The van der Waals surface area contributed by atoms with Gasteiger partial charge in [-0.05, 0) is 44.0 Å². The van der Waals surface area contributed by atoms with Gasteiger partial charge in [-0.1, -0.05) is 6.07 Å². The minimum Gasteiger partial charge on any atom is -0.462 e. The summed E-state index contributed by atoms with van der Waals surface area (Å²) >= 11 is 0. The summed E-state index contributed by atoms with van der Waals surface area (Å²) in [5.41, 5.74) is 0.00297. The van der Waals surface area contributed by atoms with Crippen LogP contribution in [0.5, 0.6) is 0 Å². The van der Waals surface area contributed by atoms with Crippen LogP contribution in [-0.4, -0.2) is 17.0 Å². The van der Waals surface area contributed by atoms with E-state index in [4.69, 9.17) is 4.42 Å². The number of carbonyl (C=O) groups excluding carboxylic acids is 1. The highest BCUT2D eigenvalue weighted by Crippen LogP contribution is 2.07. The van der Waals surface area contributed by atoms with E-state index < -0.39 is 0 Å². The minimum absolute atomic E-state index is 0.00297. The van der Waals surface area contributed by atoms with Gasteiger partial charge in [0.2, 0.25) is 11.5 Å². The Morgan fingerprint density at radius 2 is 2.14 bits per heavy atom. The van der Waals surface area contributed by atoms with Crippen molar-refractivity contribution in [1.82, 2.24) is 9.88 Å². The topological polar surface area (TPSA) is 64.2 Å². The fourth-order valence-corrected chi connectivity index (χ4v) is 2.02. The van der Waals surface area contributed by atoms with Crippen LogP contribution in [0.15, 0.2) is 51.8 Å². The van der Waals surface area contributed by atoms with Crippen LogP contribution in [0.2, 0.25) is 0 Å². The first-order chi connectivity index (χ1) is 10.6. The number of unbranched alkanes of at least 4 members (excludes halogenated alkanes) is 1. The highest BCUT2D eigenvalue weighted by atomic mass is 16.3. The van der Waals surface area contributed by atoms with Crippen molar-refractivity contribution in [2.24, 2.45) is 0 Å². The van der Waals surface area contributed by atoms with Crippen molar-refractivity contribution in [3.63, 3.8) is 0 Å². The lowest BCUT2D eigenvalue weighted by Crippen LogP contribution is -2.23. The predicted octanol–water partition coefficient (Wildman–Crippen LogP) is 2.36. The van der Waals surface area contributed by atoms with Gasteiger partial charge < -0.3 is 14.3 Å². The first-order valence-electron chi connectivity index (χ1n) is 7.33. The van der Waals surface area contributed by atoms with Crippen molar-refractivity contribution in [1.29, 1.82) is 0 Å². The van der Waals surface area contributed by atoms with Gasteiger partial charge in [0.05, 0.1) is 0 Å². The number of hydrogen-bond acceptors (Lipinski definition) is 3. The SMILES string of the molecule is Cc1ccc(C=CC(=O)NCCCCn2ccccc2=O)o1. The molecule has 0 bridgehead atoms. The van der Waals surface area contributed by atoms with Crippen LogP contribution in [0.3, 0.4) is 0 Å². The van der Waals surface area contributed by atoms with Gasteiger partial charge in [0.15, 0.2) is 0 Å². The largest absolute Gasteiger partial charge is 0.462 e. The summed E-state index contributed by atoms with van der Waals surface area (Å²) in [5.74, 6) is 1.33. The molecular formula is C17H20N2O3. The highest BCUT2D eigenvalue weighted by molar-refractivity contribution is 5.91. The molecule has 0 unspecified atom stereocenters. The zero-order valence-electron chi connectivity index (χ0n) is 12.6. The van der Waals surface area contributed by atoms with E-state index >= 15 is 0 Å². The lowest BCUT2D eigenvalue weighted by molar-refractivity contribution is -0.116. The molecule has 0 fully saturated rings. The number of amides is 1. The van der Waals surface area contributed by atoms with Crippen LogP contribution in [0.25, 0.3) is 6.08 Å². The number of rotatable bonds is 7. The second-order valence-corrected chi connectivity index (χ2v) is 5.01. The van der Waals surface area contributed by atoms with Crippen molar-refractivity contribution in [2.75, 3.05) is 6.54 Å². The number of aryl methyl sites for hydroxylation is 2. The Bertz CT molecular complexity index is 698. The summed E-state index contributed by atoms with van der Waals surface area (Å²) < 4.78 is 7.01. The number of nitrogens with one attached hydrogen (secondary N) is 1. The van der Waals surface area contributed by atoms with Crippen molar-refractivity contribution >= 4 is 12.0 Å². The first-order valence-corrected chi connectivity index (χ1v) is 7.33. The fraction of sp³-hybridized carbons (Fsp3) is 0.294. The molecule has 0 radical (unpaired) electrons. The smallest absolute Gasteiger partial charge is 0.250 e. The van der Waals surface area contributed by atoms with Gasteiger partial charge in [-0.25, -0.2) is 0 Å². The Hall–Kier alpha value is -2.56. The number of pyridine rings is 1. The molecule has 0 aliphatic rings. The summed E-state index contributed by atoms with van der Waals surface area (Å²) in [6.07, 6.45) is 6.53. The molecule has 0 aliphatic carbocycles. The molecule has 5 heteroatoms. The molecule has 1 amide bonds. The number of nitrogens with zero attached hydrogens (tertiary/aromatic N) is 1. The molecule has 2 aromatic rings. The Balaban J connectivity index is 1.64. The van der Waals surface area contributed by atoms with E-state index in [9.17, 15) is 9.59 Å². The summed E-state index contributed by atoms with van der Waals surface area (Å²) in [6, 6.07) is 8.78. The Labute approximate surface area is 129 Å². The molecule has 0 spiro atoms. The summed E-state index contributed by atoms with van der Waals surface area (Å²) in [7, 11) is 0. The summed E-state index contributed by atoms with van der Waals surface area (Å²) in [5, 5.41) is 2.81.